The zero-order chi connectivity index (χ0) is 15.1. The molecule has 0 aliphatic carbocycles. The molecule has 1 saturated heterocycles. The number of likely N-dealkylation sites (tertiary alicyclic amines) is 1. The Morgan fingerprint density at radius 2 is 1.76 bits per heavy atom. The van der Waals surface area contributed by atoms with Crippen LogP contribution in [-0.4, -0.2) is 27.7 Å². The molecule has 0 bridgehead atoms. The second-order valence-electron chi connectivity index (χ2n) is 5.59. The van der Waals surface area contributed by atoms with Crippen molar-refractivity contribution in [3.8, 4) is 0 Å². The highest BCUT2D eigenvalue weighted by Crippen LogP contribution is 2.37. The van der Waals surface area contributed by atoms with Crippen molar-refractivity contribution in [3.05, 3.63) is 34.0 Å². The van der Waals surface area contributed by atoms with Crippen molar-refractivity contribution in [1.29, 1.82) is 0 Å². The van der Waals surface area contributed by atoms with Crippen LogP contribution in [0.25, 0.3) is 0 Å². The van der Waals surface area contributed by atoms with Crippen molar-refractivity contribution in [1.82, 2.24) is 15.2 Å². The average Bonchev–Trinajstić information content (AvgIpc) is 3.11. The van der Waals surface area contributed by atoms with E-state index in [1.807, 2.05) is 18.7 Å². The summed E-state index contributed by atoms with van der Waals surface area (Å²) < 4.78 is 10.4. The van der Waals surface area contributed by atoms with Gasteiger partial charge in [-0.3, -0.25) is 4.79 Å². The van der Waals surface area contributed by atoms with Gasteiger partial charge in [0.2, 0.25) is 0 Å². The largest absolute Gasteiger partial charge is 0.361 e. The van der Waals surface area contributed by atoms with Crippen molar-refractivity contribution < 1.29 is 13.8 Å². The molecule has 6 heteroatoms. The maximum absolute atomic E-state index is 12.9. The van der Waals surface area contributed by atoms with Gasteiger partial charge in [0, 0.05) is 12.1 Å². The number of amides is 1. The fourth-order valence-corrected chi connectivity index (χ4v) is 3.21. The minimum Gasteiger partial charge on any atom is -0.361 e. The molecule has 0 spiro atoms. The topological polar surface area (TPSA) is 72.4 Å². The molecule has 1 unspecified atom stereocenters. The Labute approximate surface area is 123 Å². The summed E-state index contributed by atoms with van der Waals surface area (Å²) in [6, 6.07) is 0.0254. The standard InChI is InChI=1S/C15H19N3O3/c1-8-13(10(3)20-16-8)12-6-5-7-18(12)15(19)14-9(2)17-21-11(14)4/h12H,5-7H2,1-4H3. The summed E-state index contributed by atoms with van der Waals surface area (Å²) in [6.07, 6.45) is 1.90. The summed E-state index contributed by atoms with van der Waals surface area (Å²) >= 11 is 0. The van der Waals surface area contributed by atoms with E-state index in [2.05, 4.69) is 10.3 Å². The lowest BCUT2D eigenvalue weighted by Crippen LogP contribution is -2.31. The first kappa shape index (κ1) is 13.9. The highest BCUT2D eigenvalue weighted by atomic mass is 16.5. The van der Waals surface area contributed by atoms with Crippen molar-refractivity contribution in [3.63, 3.8) is 0 Å². The highest BCUT2D eigenvalue weighted by molar-refractivity contribution is 5.96. The molecule has 0 aromatic carbocycles. The summed E-state index contributed by atoms with van der Waals surface area (Å²) in [6.45, 7) is 8.12. The molecule has 0 N–H and O–H groups in total. The zero-order valence-corrected chi connectivity index (χ0v) is 12.8. The van der Waals surface area contributed by atoms with E-state index < -0.39 is 0 Å². The second kappa shape index (κ2) is 5.02. The van der Waals surface area contributed by atoms with E-state index in [9.17, 15) is 4.79 Å². The molecular formula is C15H19N3O3. The minimum absolute atomic E-state index is 0.0197. The predicted molar refractivity (Wildman–Crippen MR) is 75.0 cm³/mol. The summed E-state index contributed by atoms with van der Waals surface area (Å²) in [5.41, 5.74) is 3.11. The third-order valence-corrected chi connectivity index (χ3v) is 4.18. The van der Waals surface area contributed by atoms with Gasteiger partial charge in [0.05, 0.1) is 17.4 Å². The number of nitrogens with zero attached hydrogens (tertiary/aromatic N) is 3. The van der Waals surface area contributed by atoms with Crippen molar-refractivity contribution in [2.75, 3.05) is 6.54 Å². The molecule has 0 radical (unpaired) electrons. The number of hydrogen-bond donors (Lipinski definition) is 0. The Morgan fingerprint density at radius 3 is 2.33 bits per heavy atom. The molecule has 1 atom stereocenters. The van der Waals surface area contributed by atoms with E-state index >= 15 is 0 Å². The first-order chi connectivity index (χ1) is 10.0. The average molecular weight is 289 g/mol. The maximum Gasteiger partial charge on any atom is 0.259 e. The van der Waals surface area contributed by atoms with Gasteiger partial charge in [0.1, 0.15) is 17.1 Å². The Morgan fingerprint density at radius 1 is 1.10 bits per heavy atom. The van der Waals surface area contributed by atoms with E-state index in [-0.39, 0.29) is 11.9 Å². The van der Waals surface area contributed by atoms with Crippen LogP contribution < -0.4 is 0 Å². The molecule has 1 fully saturated rings. The van der Waals surface area contributed by atoms with E-state index in [4.69, 9.17) is 9.05 Å². The van der Waals surface area contributed by atoms with Crippen LogP contribution in [0.2, 0.25) is 0 Å². The normalized spacial score (nSPS) is 18.5. The van der Waals surface area contributed by atoms with Gasteiger partial charge in [-0.15, -0.1) is 0 Å². The van der Waals surface area contributed by atoms with Crippen LogP contribution in [0, 0.1) is 27.7 Å². The van der Waals surface area contributed by atoms with Gasteiger partial charge in [-0.1, -0.05) is 10.3 Å². The molecule has 0 saturated carbocycles. The summed E-state index contributed by atoms with van der Waals surface area (Å²) in [4.78, 5) is 14.7. The van der Waals surface area contributed by atoms with Gasteiger partial charge >= 0.3 is 0 Å². The third-order valence-electron chi connectivity index (χ3n) is 4.18. The molecule has 3 heterocycles. The molecule has 21 heavy (non-hydrogen) atoms. The van der Waals surface area contributed by atoms with Crippen LogP contribution in [0.4, 0.5) is 0 Å². The molecule has 112 valence electrons. The summed E-state index contributed by atoms with van der Waals surface area (Å²) in [5.74, 6) is 1.34. The second-order valence-corrected chi connectivity index (χ2v) is 5.59. The molecule has 3 rings (SSSR count). The van der Waals surface area contributed by atoms with Gasteiger partial charge in [-0.25, -0.2) is 0 Å². The lowest BCUT2D eigenvalue weighted by atomic mass is 10.0. The van der Waals surface area contributed by atoms with E-state index in [1.165, 1.54) is 0 Å². The Hall–Kier alpha value is -2.11. The smallest absolute Gasteiger partial charge is 0.259 e. The Kier molecular flexibility index (Phi) is 3.31. The van der Waals surface area contributed by atoms with Gasteiger partial charge in [0.15, 0.2) is 0 Å². The van der Waals surface area contributed by atoms with Crippen molar-refractivity contribution >= 4 is 5.91 Å². The molecule has 1 aliphatic heterocycles. The minimum atomic E-state index is -0.0197. The van der Waals surface area contributed by atoms with E-state index in [1.54, 1.807) is 13.8 Å². The first-order valence-corrected chi connectivity index (χ1v) is 7.17. The van der Waals surface area contributed by atoms with Crippen molar-refractivity contribution in [2.45, 2.75) is 46.6 Å². The van der Waals surface area contributed by atoms with Crippen LogP contribution in [0.3, 0.4) is 0 Å². The highest BCUT2D eigenvalue weighted by Gasteiger charge is 2.36. The fraction of sp³-hybridized carbons (Fsp3) is 0.533. The predicted octanol–water partition coefficient (Wildman–Crippen LogP) is 2.87. The number of hydrogen-bond acceptors (Lipinski definition) is 5. The van der Waals surface area contributed by atoms with Gasteiger partial charge < -0.3 is 13.9 Å². The van der Waals surface area contributed by atoms with E-state index in [0.29, 0.717) is 17.0 Å². The van der Waals surface area contributed by atoms with Crippen LogP contribution in [0.1, 0.15) is 57.7 Å². The molecule has 1 amide bonds. The SMILES string of the molecule is Cc1noc(C)c1C(=O)N1CCCC1c1c(C)noc1C. The quantitative estimate of drug-likeness (QED) is 0.850. The van der Waals surface area contributed by atoms with Crippen LogP contribution >= 0.6 is 0 Å². The van der Waals surface area contributed by atoms with Gasteiger partial charge in [-0.2, -0.15) is 0 Å². The van der Waals surface area contributed by atoms with Crippen molar-refractivity contribution in [2.24, 2.45) is 0 Å². The molecule has 6 nitrogen and oxygen atoms in total. The fourth-order valence-electron chi connectivity index (χ4n) is 3.21. The number of carbonyl (C=O) groups excluding carboxylic acids is 1. The Balaban J connectivity index is 1.97. The maximum atomic E-state index is 12.9. The monoisotopic (exact) mass is 289 g/mol. The molecule has 2 aromatic rings. The number of carbonyl (C=O) groups is 1. The molecule has 2 aromatic heterocycles. The first-order valence-electron chi connectivity index (χ1n) is 7.17. The third kappa shape index (κ3) is 2.14. The van der Waals surface area contributed by atoms with Gasteiger partial charge in [0.25, 0.3) is 5.91 Å². The lowest BCUT2D eigenvalue weighted by Gasteiger charge is -2.24. The molecular weight excluding hydrogens is 270 g/mol. The van der Waals surface area contributed by atoms with Crippen LogP contribution in [0.5, 0.6) is 0 Å². The lowest BCUT2D eigenvalue weighted by molar-refractivity contribution is 0.0732. The van der Waals surface area contributed by atoms with Crippen LogP contribution in [0.15, 0.2) is 9.05 Å². The van der Waals surface area contributed by atoms with Gasteiger partial charge in [-0.05, 0) is 40.5 Å². The van der Waals surface area contributed by atoms with Crippen LogP contribution in [-0.2, 0) is 0 Å². The molecule has 1 aliphatic rings. The number of aryl methyl sites for hydroxylation is 4. The zero-order valence-electron chi connectivity index (χ0n) is 12.8. The van der Waals surface area contributed by atoms with E-state index in [0.717, 1.165) is 36.4 Å². The Bertz CT molecular complexity index is 647. The summed E-state index contributed by atoms with van der Waals surface area (Å²) in [7, 11) is 0. The number of rotatable bonds is 2. The number of aromatic nitrogens is 2. The summed E-state index contributed by atoms with van der Waals surface area (Å²) in [5, 5.41) is 7.89.